The lowest BCUT2D eigenvalue weighted by Gasteiger charge is -2.10. The third kappa shape index (κ3) is 2.26. The Bertz CT molecular complexity index is 792. The second-order valence-corrected chi connectivity index (χ2v) is 4.64. The van der Waals surface area contributed by atoms with Gasteiger partial charge in [-0.25, -0.2) is 4.39 Å². The average molecular weight is 289 g/mol. The summed E-state index contributed by atoms with van der Waals surface area (Å²) >= 11 is 6.10. The molecule has 0 atom stereocenters. The van der Waals surface area contributed by atoms with E-state index in [1.807, 2.05) is 6.07 Å². The van der Waals surface area contributed by atoms with Crippen LogP contribution >= 0.6 is 11.6 Å². The van der Waals surface area contributed by atoms with Crippen LogP contribution in [-0.2, 0) is 0 Å². The van der Waals surface area contributed by atoms with E-state index in [2.05, 4.69) is 4.98 Å². The second kappa shape index (κ2) is 4.98. The minimum atomic E-state index is -0.524. The summed E-state index contributed by atoms with van der Waals surface area (Å²) in [6.45, 7) is 0. The monoisotopic (exact) mass is 288 g/mol. The highest BCUT2D eigenvalue weighted by molar-refractivity contribution is 6.35. The van der Waals surface area contributed by atoms with Crippen molar-refractivity contribution in [2.75, 3.05) is 5.73 Å². The molecule has 0 unspecified atom stereocenters. The first kappa shape index (κ1) is 12.7. The van der Waals surface area contributed by atoms with Gasteiger partial charge in [0, 0.05) is 23.3 Å². The molecule has 5 heteroatoms. The maximum Gasteiger partial charge on any atom is 0.167 e. The molecule has 0 aliphatic heterocycles. The van der Waals surface area contributed by atoms with Crippen LogP contribution in [0, 0.1) is 5.82 Å². The topological polar surface area (TPSA) is 48.1 Å². The number of hydrogen-bond donors (Lipinski definition) is 1. The zero-order valence-corrected chi connectivity index (χ0v) is 11.1. The summed E-state index contributed by atoms with van der Waals surface area (Å²) < 4.78 is 19.3. The number of fused-ring (bicyclic) bond motifs is 1. The summed E-state index contributed by atoms with van der Waals surface area (Å²) in [5.74, 6) is 0.00572. The average Bonchev–Trinajstić information content (AvgIpc) is 2.45. The molecular formula is C15H10ClFN2O. The van der Waals surface area contributed by atoms with Gasteiger partial charge in [0.05, 0.1) is 5.02 Å². The van der Waals surface area contributed by atoms with Crippen LogP contribution in [-0.4, -0.2) is 4.98 Å². The summed E-state index contributed by atoms with van der Waals surface area (Å²) in [4.78, 5) is 4.23. The van der Waals surface area contributed by atoms with Crippen LogP contribution in [0.25, 0.3) is 10.9 Å². The van der Waals surface area contributed by atoms with E-state index >= 15 is 0 Å². The summed E-state index contributed by atoms with van der Waals surface area (Å²) in [5.41, 5.74) is 6.43. The molecular weight excluding hydrogens is 279 g/mol. The molecule has 3 nitrogen and oxygen atoms in total. The highest BCUT2D eigenvalue weighted by atomic mass is 35.5. The zero-order chi connectivity index (χ0) is 14.1. The lowest BCUT2D eigenvalue weighted by Crippen LogP contribution is -1.93. The van der Waals surface area contributed by atoms with E-state index in [0.717, 1.165) is 5.39 Å². The molecule has 3 rings (SSSR count). The van der Waals surface area contributed by atoms with Gasteiger partial charge in [-0.15, -0.1) is 0 Å². The number of benzene rings is 2. The van der Waals surface area contributed by atoms with Gasteiger partial charge in [0.15, 0.2) is 17.3 Å². The van der Waals surface area contributed by atoms with E-state index in [1.54, 1.807) is 30.5 Å². The molecule has 2 N–H and O–H groups in total. The zero-order valence-electron chi connectivity index (χ0n) is 10.3. The molecule has 0 spiro atoms. The van der Waals surface area contributed by atoms with E-state index in [1.165, 1.54) is 12.1 Å². The molecule has 20 heavy (non-hydrogen) atoms. The number of aromatic nitrogens is 1. The number of hydrogen-bond acceptors (Lipinski definition) is 3. The van der Waals surface area contributed by atoms with Crippen LogP contribution in [0.2, 0.25) is 5.02 Å². The standard InChI is InChI=1S/C15H10ClFN2O/c16-11-4-6-14(15-10(11)2-1-7-19-15)20-13-5-3-9(18)8-12(13)17/h1-8H,18H2. The number of nitrogens with two attached hydrogens (primary N) is 1. The van der Waals surface area contributed by atoms with Crippen molar-refractivity contribution in [1.82, 2.24) is 4.98 Å². The van der Waals surface area contributed by atoms with Crippen LogP contribution in [0.15, 0.2) is 48.7 Å². The van der Waals surface area contributed by atoms with Gasteiger partial charge >= 0.3 is 0 Å². The van der Waals surface area contributed by atoms with Gasteiger partial charge in [-0.05, 0) is 36.4 Å². The SMILES string of the molecule is Nc1ccc(Oc2ccc(Cl)c3cccnc23)c(F)c1. The second-order valence-electron chi connectivity index (χ2n) is 4.24. The summed E-state index contributed by atoms with van der Waals surface area (Å²) in [7, 11) is 0. The Kier molecular flexibility index (Phi) is 3.16. The quantitative estimate of drug-likeness (QED) is 0.711. The van der Waals surface area contributed by atoms with Crippen molar-refractivity contribution in [3.63, 3.8) is 0 Å². The maximum absolute atomic E-state index is 13.8. The fourth-order valence-corrected chi connectivity index (χ4v) is 2.13. The molecule has 2 aromatic carbocycles. The van der Waals surface area contributed by atoms with Gasteiger partial charge in [-0.1, -0.05) is 11.6 Å². The predicted molar refractivity (Wildman–Crippen MR) is 77.6 cm³/mol. The molecule has 100 valence electrons. The molecule has 0 saturated heterocycles. The minimum Gasteiger partial charge on any atom is -0.452 e. The highest BCUT2D eigenvalue weighted by Gasteiger charge is 2.10. The molecule has 0 saturated carbocycles. The van der Waals surface area contributed by atoms with Crippen molar-refractivity contribution in [2.45, 2.75) is 0 Å². The lowest BCUT2D eigenvalue weighted by molar-refractivity contribution is 0.446. The van der Waals surface area contributed by atoms with Crippen molar-refractivity contribution in [1.29, 1.82) is 0 Å². The maximum atomic E-state index is 13.8. The molecule has 0 aliphatic rings. The van der Waals surface area contributed by atoms with E-state index in [-0.39, 0.29) is 5.75 Å². The van der Waals surface area contributed by atoms with E-state index < -0.39 is 5.82 Å². The van der Waals surface area contributed by atoms with Gasteiger partial charge < -0.3 is 10.5 Å². The number of nitrogens with zero attached hydrogens (tertiary/aromatic N) is 1. The van der Waals surface area contributed by atoms with Crippen molar-refractivity contribution < 1.29 is 9.13 Å². The largest absolute Gasteiger partial charge is 0.452 e. The summed E-state index contributed by atoms with van der Waals surface area (Å²) in [5, 5.41) is 1.32. The number of halogens is 2. The van der Waals surface area contributed by atoms with Gasteiger partial charge in [-0.2, -0.15) is 0 Å². The third-order valence-corrected chi connectivity index (χ3v) is 3.18. The molecule has 0 amide bonds. The van der Waals surface area contributed by atoms with E-state index in [9.17, 15) is 4.39 Å². The lowest BCUT2D eigenvalue weighted by atomic mass is 10.2. The number of ether oxygens (including phenoxy) is 1. The molecule has 1 aromatic heterocycles. The van der Waals surface area contributed by atoms with Crippen molar-refractivity contribution in [3.8, 4) is 11.5 Å². The van der Waals surface area contributed by atoms with Crippen LogP contribution in [0.4, 0.5) is 10.1 Å². The predicted octanol–water partition coefficient (Wildman–Crippen LogP) is 4.40. The molecule has 3 aromatic rings. The summed E-state index contributed by atoms with van der Waals surface area (Å²) in [6, 6.07) is 11.2. The van der Waals surface area contributed by atoms with Gasteiger partial charge in [0.1, 0.15) is 5.52 Å². The van der Waals surface area contributed by atoms with Gasteiger partial charge in [0.2, 0.25) is 0 Å². The Morgan fingerprint density at radius 3 is 2.70 bits per heavy atom. The van der Waals surface area contributed by atoms with Crippen LogP contribution in [0.1, 0.15) is 0 Å². The van der Waals surface area contributed by atoms with Crippen molar-refractivity contribution >= 4 is 28.2 Å². The van der Waals surface area contributed by atoms with Gasteiger partial charge in [0.25, 0.3) is 0 Å². The first-order chi connectivity index (χ1) is 9.65. The fourth-order valence-electron chi connectivity index (χ4n) is 1.91. The Hall–Kier alpha value is -2.33. The summed E-state index contributed by atoms with van der Waals surface area (Å²) in [6.07, 6.45) is 1.63. The Morgan fingerprint density at radius 2 is 1.90 bits per heavy atom. The first-order valence-corrected chi connectivity index (χ1v) is 6.29. The fraction of sp³-hybridized carbons (Fsp3) is 0. The molecule has 0 bridgehead atoms. The third-order valence-electron chi connectivity index (χ3n) is 2.86. The van der Waals surface area contributed by atoms with E-state index in [0.29, 0.717) is 22.0 Å². The van der Waals surface area contributed by atoms with Crippen molar-refractivity contribution in [3.05, 3.63) is 59.5 Å². The Morgan fingerprint density at radius 1 is 1.10 bits per heavy atom. The molecule has 0 aliphatic carbocycles. The highest BCUT2D eigenvalue weighted by Crippen LogP contribution is 2.33. The Balaban J connectivity index is 2.09. The minimum absolute atomic E-state index is 0.0912. The van der Waals surface area contributed by atoms with Gasteiger partial charge in [-0.3, -0.25) is 4.98 Å². The van der Waals surface area contributed by atoms with E-state index in [4.69, 9.17) is 22.1 Å². The van der Waals surface area contributed by atoms with Crippen molar-refractivity contribution in [2.24, 2.45) is 0 Å². The normalized spacial score (nSPS) is 10.7. The number of nitrogen functional groups attached to an aromatic ring is 1. The van der Waals surface area contributed by atoms with Crippen LogP contribution in [0.3, 0.4) is 0 Å². The molecule has 1 heterocycles. The smallest absolute Gasteiger partial charge is 0.167 e. The van der Waals surface area contributed by atoms with Crippen LogP contribution in [0.5, 0.6) is 11.5 Å². The number of pyridine rings is 1. The molecule has 0 fully saturated rings. The van der Waals surface area contributed by atoms with Crippen LogP contribution < -0.4 is 10.5 Å². The number of rotatable bonds is 2. The Labute approximate surface area is 119 Å². The first-order valence-electron chi connectivity index (χ1n) is 5.91. The number of anilines is 1. The molecule has 0 radical (unpaired) electrons.